The van der Waals surface area contributed by atoms with Crippen molar-refractivity contribution in [1.82, 2.24) is 0 Å². The maximum atomic E-state index is 8.35. The zero-order valence-electron chi connectivity index (χ0n) is 12.5. The van der Waals surface area contributed by atoms with Gasteiger partial charge in [0.1, 0.15) is 0 Å². The van der Waals surface area contributed by atoms with Crippen molar-refractivity contribution in [2.24, 2.45) is 0 Å². The standard InChI is InChI=1S/C8H10.C7H8.2CHNO/c1-7-4-3-5-8(2)6-7;1-7-5-3-2-4-6-7;2*2-1-3/h3-6H,1-2H3;2-6H,1H3;2*2H. The Kier molecular flexibility index (Phi) is 14.9. The van der Waals surface area contributed by atoms with Gasteiger partial charge in [-0.1, -0.05) is 71.3 Å². The van der Waals surface area contributed by atoms with E-state index in [2.05, 4.69) is 57.2 Å². The number of isocyanates is 2. The van der Waals surface area contributed by atoms with Crippen molar-refractivity contribution in [3.8, 4) is 0 Å². The Morgan fingerprint density at radius 2 is 1.00 bits per heavy atom. The third-order valence-corrected chi connectivity index (χ3v) is 2.11. The molecule has 21 heavy (non-hydrogen) atoms. The van der Waals surface area contributed by atoms with E-state index in [0.29, 0.717) is 0 Å². The summed E-state index contributed by atoms with van der Waals surface area (Å²) in [4.78, 5) is 16.7. The summed E-state index contributed by atoms with van der Waals surface area (Å²) in [5, 5.41) is 10.8. The van der Waals surface area contributed by atoms with Crippen molar-refractivity contribution in [1.29, 1.82) is 10.8 Å². The summed E-state index contributed by atoms with van der Waals surface area (Å²) in [5.41, 5.74) is 4.00. The van der Waals surface area contributed by atoms with Crippen LogP contribution in [0, 0.1) is 31.6 Å². The summed E-state index contributed by atoms with van der Waals surface area (Å²) in [6.45, 7) is 6.29. The molecule has 0 heterocycles. The smallest absolute Gasteiger partial charge is 0.222 e. The van der Waals surface area contributed by atoms with Gasteiger partial charge in [0.2, 0.25) is 12.2 Å². The van der Waals surface area contributed by atoms with E-state index in [4.69, 9.17) is 20.4 Å². The van der Waals surface area contributed by atoms with Crippen molar-refractivity contribution >= 4 is 12.2 Å². The number of benzene rings is 2. The van der Waals surface area contributed by atoms with E-state index in [1.807, 2.05) is 18.2 Å². The lowest BCUT2D eigenvalue weighted by molar-refractivity contribution is 0.562. The Morgan fingerprint density at radius 1 is 0.667 bits per heavy atom. The van der Waals surface area contributed by atoms with E-state index in [0.717, 1.165) is 12.2 Å². The third kappa shape index (κ3) is 17.2. The highest BCUT2D eigenvalue weighted by molar-refractivity contribution is 5.26. The molecule has 0 atom stereocenters. The van der Waals surface area contributed by atoms with E-state index >= 15 is 0 Å². The molecule has 2 N–H and O–H groups in total. The molecule has 2 rings (SSSR count). The van der Waals surface area contributed by atoms with Crippen LogP contribution in [0.5, 0.6) is 0 Å². The van der Waals surface area contributed by atoms with Gasteiger partial charge >= 0.3 is 0 Å². The first-order valence-electron chi connectivity index (χ1n) is 6.14. The van der Waals surface area contributed by atoms with Gasteiger partial charge in [-0.2, -0.15) is 0 Å². The van der Waals surface area contributed by atoms with E-state index in [1.165, 1.54) is 16.7 Å². The van der Waals surface area contributed by atoms with Crippen molar-refractivity contribution in [2.75, 3.05) is 0 Å². The summed E-state index contributed by atoms with van der Waals surface area (Å²) in [7, 11) is 0. The molecule has 0 aliphatic carbocycles. The van der Waals surface area contributed by atoms with Crippen molar-refractivity contribution < 1.29 is 9.59 Å². The number of aryl methyl sites for hydroxylation is 3. The zero-order valence-corrected chi connectivity index (χ0v) is 12.5. The minimum atomic E-state index is 0.750. The van der Waals surface area contributed by atoms with Gasteiger partial charge in [0.15, 0.2) is 0 Å². The number of hydrogen-bond acceptors (Lipinski definition) is 4. The normalized spacial score (nSPS) is 7.19. The monoisotopic (exact) mass is 284 g/mol. The summed E-state index contributed by atoms with van der Waals surface area (Å²) in [6, 6.07) is 18.7. The van der Waals surface area contributed by atoms with Gasteiger partial charge in [0.25, 0.3) is 0 Å². The van der Waals surface area contributed by atoms with Crippen LogP contribution in [0.2, 0.25) is 0 Å². The molecule has 0 saturated carbocycles. The second kappa shape index (κ2) is 15.3. The average molecular weight is 284 g/mol. The molecule has 2 aromatic carbocycles. The van der Waals surface area contributed by atoms with Crippen LogP contribution in [-0.4, -0.2) is 12.2 Å². The molecule has 0 saturated heterocycles. The van der Waals surface area contributed by atoms with Gasteiger partial charge in [-0.15, -0.1) is 0 Å². The van der Waals surface area contributed by atoms with Crippen LogP contribution in [0.3, 0.4) is 0 Å². The first-order chi connectivity index (χ1) is 10.0. The maximum absolute atomic E-state index is 8.35. The summed E-state index contributed by atoms with van der Waals surface area (Å²) >= 11 is 0. The molecule has 0 spiro atoms. The lowest BCUT2D eigenvalue weighted by Gasteiger charge is -1.90. The number of carbonyl (C=O) groups excluding carboxylic acids is 2. The van der Waals surface area contributed by atoms with Gasteiger partial charge < -0.3 is 0 Å². The van der Waals surface area contributed by atoms with E-state index in [1.54, 1.807) is 0 Å². The zero-order chi connectivity index (χ0) is 16.5. The summed E-state index contributed by atoms with van der Waals surface area (Å²) < 4.78 is 0. The molecule has 0 fully saturated rings. The van der Waals surface area contributed by atoms with Crippen LogP contribution in [-0.2, 0) is 9.59 Å². The molecule has 4 nitrogen and oxygen atoms in total. The highest BCUT2D eigenvalue weighted by Crippen LogP contribution is 2.00. The van der Waals surface area contributed by atoms with E-state index in [9.17, 15) is 0 Å². The Bertz CT molecular complexity index is 525. The minimum absolute atomic E-state index is 0.750. The predicted octanol–water partition coefficient (Wildman–Crippen LogP) is 4.10. The van der Waals surface area contributed by atoms with Crippen molar-refractivity contribution in [2.45, 2.75) is 20.8 Å². The molecule has 0 aliphatic rings. The second-order valence-electron chi connectivity index (χ2n) is 4.02. The van der Waals surface area contributed by atoms with Crippen LogP contribution >= 0.6 is 0 Å². The average Bonchev–Trinajstić information content (AvgIpc) is 2.42. The molecular formula is C17H20N2O2. The molecule has 0 unspecified atom stereocenters. The van der Waals surface area contributed by atoms with Gasteiger partial charge in [-0.3, -0.25) is 0 Å². The van der Waals surface area contributed by atoms with Crippen LogP contribution in [0.15, 0.2) is 54.6 Å². The third-order valence-electron chi connectivity index (χ3n) is 2.11. The minimum Gasteiger partial charge on any atom is -0.222 e. The molecular weight excluding hydrogens is 264 g/mol. The van der Waals surface area contributed by atoms with Gasteiger partial charge in [0, 0.05) is 0 Å². The van der Waals surface area contributed by atoms with Crippen molar-refractivity contribution in [3.05, 3.63) is 71.3 Å². The van der Waals surface area contributed by atoms with Gasteiger partial charge in [-0.25, -0.2) is 20.4 Å². The fraction of sp³-hybridized carbons (Fsp3) is 0.176. The molecule has 0 aromatic heterocycles. The molecule has 110 valence electrons. The summed E-state index contributed by atoms with van der Waals surface area (Å²) in [5.74, 6) is 0. The SMILES string of the molecule is Cc1cccc(C)c1.Cc1ccccc1.N=C=O.N=C=O. The largest absolute Gasteiger partial charge is 0.231 e. The highest BCUT2D eigenvalue weighted by atomic mass is 16.1. The van der Waals surface area contributed by atoms with Crippen LogP contribution < -0.4 is 0 Å². The summed E-state index contributed by atoms with van der Waals surface area (Å²) in [6.07, 6.45) is 1.50. The first-order valence-corrected chi connectivity index (χ1v) is 6.14. The van der Waals surface area contributed by atoms with Crippen LogP contribution in [0.4, 0.5) is 0 Å². The lowest BCUT2D eigenvalue weighted by Crippen LogP contribution is -1.71. The van der Waals surface area contributed by atoms with E-state index < -0.39 is 0 Å². The van der Waals surface area contributed by atoms with Crippen LogP contribution in [0.1, 0.15) is 16.7 Å². The quantitative estimate of drug-likeness (QED) is 0.564. The van der Waals surface area contributed by atoms with Gasteiger partial charge in [0.05, 0.1) is 0 Å². The molecule has 4 heteroatoms. The molecule has 0 amide bonds. The Balaban J connectivity index is 0. The molecule has 2 aromatic rings. The Hall–Kier alpha value is -2.80. The molecule has 0 radical (unpaired) electrons. The van der Waals surface area contributed by atoms with Crippen molar-refractivity contribution in [3.63, 3.8) is 0 Å². The number of rotatable bonds is 0. The number of hydrogen-bond donors (Lipinski definition) is 2. The first kappa shape index (κ1) is 20.5. The Labute approximate surface area is 125 Å². The Morgan fingerprint density at radius 3 is 1.19 bits per heavy atom. The molecule has 0 bridgehead atoms. The second-order valence-corrected chi connectivity index (χ2v) is 4.02. The fourth-order valence-electron chi connectivity index (χ4n) is 1.34. The van der Waals surface area contributed by atoms with Crippen LogP contribution in [0.25, 0.3) is 0 Å². The fourth-order valence-corrected chi connectivity index (χ4v) is 1.34. The topological polar surface area (TPSA) is 81.8 Å². The highest BCUT2D eigenvalue weighted by Gasteiger charge is 1.80. The van der Waals surface area contributed by atoms with Gasteiger partial charge in [-0.05, 0) is 20.8 Å². The lowest BCUT2D eigenvalue weighted by atomic mass is 10.2. The van der Waals surface area contributed by atoms with E-state index in [-0.39, 0.29) is 0 Å². The number of nitrogens with one attached hydrogen (secondary N) is 2. The molecule has 0 aliphatic heterocycles. The predicted molar refractivity (Wildman–Crippen MR) is 83.9 cm³/mol. The maximum Gasteiger partial charge on any atom is 0.231 e.